The van der Waals surface area contributed by atoms with Crippen molar-refractivity contribution in [1.82, 2.24) is 20.4 Å². The monoisotopic (exact) mass is 406 g/mol. The van der Waals surface area contributed by atoms with Crippen LogP contribution in [0.15, 0.2) is 11.6 Å². The molecule has 2 aliphatic rings. The van der Waals surface area contributed by atoms with Crippen LogP contribution in [0.25, 0.3) is 0 Å². The molecule has 0 unspecified atom stereocenters. The van der Waals surface area contributed by atoms with Gasteiger partial charge >= 0.3 is 0 Å². The van der Waals surface area contributed by atoms with Crippen molar-refractivity contribution in [3.05, 3.63) is 11.6 Å². The van der Waals surface area contributed by atoms with Crippen LogP contribution in [0.4, 0.5) is 0 Å². The molecule has 0 spiro atoms. The van der Waals surface area contributed by atoms with E-state index in [1.165, 1.54) is 0 Å². The van der Waals surface area contributed by atoms with Crippen molar-refractivity contribution in [3.63, 3.8) is 0 Å². The quantitative estimate of drug-likeness (QED) is 0.437. The molecule has 2 N–H and O–H groups in total. The van der Waals surface area contributed by atoms with Crippen molar-refractivity contribution in [3.8, 4) is 0 Å². The van der Waals surface area contributed by atoms with Crippen LogP contribution in [-0.4, -0.2) is 72.2 Å². The average molecular weight is 407 g/mol. The standard InChI is InChI=1S/C21H34N4O4/c1-14(2)18(24(4)19(27)12-22-13-26)11-15(3)21(29)25-10-6-9-17(25)20(28)23-16-7-5-8-16/h11,13-14,16-18H,5-10,12H2,1-4H3,(H,22,26)(H,23,28)/b15-11+/t17-,18+/m0/s1. The predicted octanol–water partition coefficient (Wildman–Crippen LogP) is 0.821. The third-order valence-corrected chi connectivity index (χ3v) is 5.89. The maximum absolute atomic E-state index is 13.1. The smallest absolute Gasteiger partial charge is 0.249 e. The van der Waals surface area contributed by atoms with Crippen molar-refractivity contribution in [2.24, 2.45) is 5.92 Å². The third kappa shape index (κ3) is 5.81. The van der Waals surface area contributed by atoms with Gasteiger partial charge in [-0.3, -0.25) is 19.2 Å². The lowest BCUT2D eigenvalue weighted by Crippen LogP contribution is -2.50. The first kappa shape index (κ1) is 22.9. The van der Waals surface area contributed by atoms with Gasteiger partial charge in [-0.2, -0.15) is 0 Å². The van der Waals surface area contributed by atoms with Gasteiger partial charge in [0.2, 0.25) is 24.1 Å². The molecule has 1 saturated heterocycles. The molecule has 0 aromatic heterocycles. The Morgan fingerprint density at radius 1 is 1.17 bits per heavy atom. The second-order valence-electron chi connectivity index (χ2n) is 8.38. The lowest BCUT2D eigenvalue weighted by atomic mass is 9.93. The summed E-state index contributed by atoms with van der Waals surface area (Å²) in [5, 5.41) is 5.43. The molecule has 2 fully saturated rings. The number of likely N-dealkylation sites (tertiary alicyclic amines) is 1. The van der Waals surface area contributed by atoms with Crippen LogP contribution in [0.1, 0.15) is 52.9 Å². The third-order valence-electron chi connectivity index (χ3n) is 5.89. The van der Waals surface area contributed by atoms with E-state index >= 15 is 0 Å². The number of hydrogen-bond acceptors (Lipinski definition) is 4. The van der Waals surface area contributed by atoms with Crippen LogP contribution in [0.5, 0.6) is 0 Å². The Labute approximate surface area is 173 Å². The highest BCUT2D eigenvalue weighted by molar-refractivity contribution is 5.97. The molecule has 8 heteroatoms. The van der Waals surface area contributed by atoms with Crippen LogP contribution in [0.2, 0.25) is 0 Å². The number of carbonyl (C=O) groups excluding carboxylic acids is 4. The fraction of sp³-hybridized carbons (Fsp3) is 0.714. The van der Waals surface area contributed by atoms with Gasteiger partial charge in [-0.15, -0.1) is 0 Å². The summed E-state index contributed by atoms with van der Waals surface area (Å²) in [7, 11) is 1.67. The lowest BCUT2D eigenvalue weighted by Gasteiger charge is -2.32. The first-order valence-electron chi connectivity index (χ1n) is 10.5. The van der Waals surface area contributed by atoms with E-state index in [0.29, 0.717) is 24.9 Å². The lowest BCUT2D eigenvalue weighted by molar-refractivity contribution is -0.136. The Hall–Kier alpha value is -2.38. The summed E-state index contributed by atoms with van der Waals surface area (Å²) in [4.78, 5) is 51.6. The molecule has 0 aromatic rings. The molecule has 4 amide bonds. The molecular formula is C21H34N4O4. The molecule has 0 aromatic carbocycles. The maximum Gasteiger partial charge on any atom is 0.249 e. The molecule has 29 heavy (non-hydrogen) atoms. The van der Waals surface area contributed by atoms with E-state index in [4.69, 9.17) is 0 Å². The topological polar surface area (TPSA) is 98.8 Å². The van der Waals surface area contributed by atoms with Gasteiger partial charge in [-0.25, -0.2) is 0 Å². The minimum atomic E-state index is -0.417. The SMILES string of the molecule is C/C(=C\[C@H](C(C)C)N(C)C(=O)CNC=O)C(=O)N1CCC[C@H]1C(=O)NC1CCC1. The molecule has 1 aliphatic carbocycles. The van der Waals surface area contributed by atoms with Crippen LogP contribution >= 0.6 is 0 Å². The van der Waals surface area contributed by atoms with Crippen molar-refractivity contribution < 1.29 is 19.2 Å². The van der Waals surface area contributed by atoms with Gasteiger partial charge in [-0.1, -0.05) is 19.9 Å². The minimum Gasteiger partial charge on any atom is -0.352 e. The van der Waals surface area contributed by atoms with Crippen LogP contribution < -0.4 is 10.6 Å². The number of hydrogen-bond donors (Lipinski definition) is 2. The van der Waals surface area contributed by atoms with Gasteiger partial charge in [0.1, 0.15) is 6.04 Å². The van der Waals surface area contributed by atoms with Crippen molar-refractivity contribution >= 4 is 24.1 Å². The van der Waals surface area contributed by atoms with Crippen LogP contribution in [0, 0.1) is 5.92 Å². The summed E-state index contributed by atoms with van der Waals surface area (Å²) in [5.74, 6) is -0.361. The Kier molecular flexibility index (Phi) is 8.22. The fourth-order valence-corrected chi connectivity index (χ4v) is 3.86. The van der Waals surface area contributed by atoms with E-state index in [2.05, 4.69) is 10.6 Å². The van der Waals surface area contributed by atoms with E-state index in [1.54, 1.807) is 29.8 Å². The summed E-state index contributed by atoms with van der Waals surface area (Å²) >= 11 is 0. The van der Waals surface area contributed by atoms with Crippen molar-refractivity contribution in [2.45, 2.75) is 71.0 Å². The average Bonchev–Trinajstić information content (AvgIpc) is 3.15. The van der Waals surface area contributed by atoms with Crippen molar-refractivity contribution in [1.29, 1.82) is 0 Å². The van der Waals surface area contributed by atoms with Gasteiger partial charge < -0.3 is 20.4 Å². The molecule has 8 nitrogen and oxygen atoms in total. The summed E-state index contributed by atoms with van der Waals surface area (Å²) in [6.45, 7) is 6.16. The highest BCUT2D eigenvalue weighted by Crippen LogP contribution is 2.23. The highest BCUT2D eigenvalue weighted by atomic mass is 16.2. The van der Waals surface area contributed by atoms with Gasteiger partial charge in [0.05, 0.1) is 12.6 Å². The van der Waals surface area contributed by atoms with E-state index in [9.17, 15) is 19.2 Å². The van der Waals surface area contributed by atoms with E-state index < -0.39 is 6.04 Å². The zero-order chi connectivity index (χ0) is 21.6. The molecule has 162 valence electrons. The highest BCUT2D eigenvalue weighted by Gasteiger charge is 2.36. The summed E-state index contributed by atoms with van der Waals surface area (Å²) < 4.78 is 0. The normalized spacial score (nSPS) is 20.8. The number of nitrogens with one attached hydrogen (secondary N) is 2. The van der Waals surface area contributed by atoms with E-state index in [1.807, 2.05) is 13.8 Å². The summed E-state index contributed by atoms with van der Waals surface area (Å²) in [6, 6.07) is -0.452. The Morgan fingerprint density at radius 2 is 1.86 bits per heavy atom. The minimum absolute atomic E-state index is 0.0546. The molecule has 1 heterocycles. The fourth-order valence-electron chi connectivity index (χ4n) is 3.86. The second-order valence-corrected chi connectivity index (χ2v) is 8.38. The Bertz CT molecular complexity index is 657. The second kappa shape index (κ2) is 10.4. The maximum atomic E-state index is 13.1. The molecule has 0 bridgehead atoms. The molecular weight excluding hydrogens is 372 g/mol. The van der Waals surface area contributed by atoms with E-state index in [0.717, 1.165) is 25.7 Å². The van der Waals surface area contributed by atoms with Gasteiger partial charge in [0.15, 0.2) is 0 Å². The molecule has 2 rings (SSSR count). The number of likely N-dealkylation sites (N-methyl/N-ethyl adjacent to an activating group) is 1. The largest absolute Gasteiger partial charge is 0.352 e. The first-order valence-corrected chi connectivity index (χ1v) is 10.5. The Balaban J connectivity index is 2.07. The predicted molar refractivity (Wildman–Crippen MR) is 110 cm³/mol. The van der Waals surface area contributed by atoms with Crippen LogP contribution in [-0.2, 0) is 19.2 Å². The van der Waals surface area contributed by atoms with E-state index in [-0.39, 0.29) is 42.3 Å². The van der Waals surface area contributed by atoms with Gasteiger partial charge in [0.25, 0.3) is 0 Å². The number of rotatable bonds is 9. The van der Waals surface area contributed by atoms with Gasteiger partial charge in [0, 0.05) is 25.2 Å². The van der Waals surface area contributed by atoms with Crippen molar-refractivity contribution in [2.75, 3.05) is 20.1 Å². The summed E-state index contributed by atoms with van der Waals surface area (Å²) in [5.41, 5.74) is 0.523. The number of amides is 4. The molecule has 2 atom stereocenters. The molecule has 0 radical (unpaired) electrons. The number of nitrogens with zero attached hydrogens (tertiary/aromatic N) is 2. The molecule has 1 aliphatic heterocycles. The molecule has 1 saturated carbocycles. The Morgan fingerprint density at radius 3 is 2.41 bits per heavy atom. The van der Waals surface area contributed by atoms with Gasteiger partial charge in [-0.05, 0) is 44.9 Å². The zero-order valence-electron chi connectivity index (χ0n) is 17.9. The summed E-state index contributed by atoms with van der Waals surface area (Å²) in [6.07, 6.45) is 6.95. The zero-order valence-corrected chi connectivity index (χ0v) is 17.9. The number of carbonyl (C=O) groups is 4. The van der Waals surface area contributed by atoms with Crippen LogP contribution in [0.3, 0.4) is 0 Å². The first-order chi connectivity index (χ1) is 13.8.